The van der Waals surface area contributed by atoms with E-state index in [4.69, 9.17) is 4.42 Å². The summed E-state index contributed by atoms with van der Waals surface area (Å²) in [4.78, 5) is 12.6. The van der Waals surface area contributed by atoms with Gasteiger partial charge in [0.05, 0.1) is 11.8 Å². The lowest BCUT2D eigenvalue weighted by Crippen LogP contribution is -2.41. The number of carbonyl (C=O) groups excluding carboxylic acids is 1. The summed E-state index contributed by atoms with van der Waals surface area (Å²) in [5, 5.41) is 3.02. The number of carbonyl (C=O) groups is 1. The van der Waals surface area contributed by atoms with Crippen LogP contribution in [0.3, 0.4) is 0 Å². The molecule has 0 spiro atoms. The number of nitrogens with zero attached hydrogens (tertiary/aromatic N) is 1. The van der Waals surface area contributed by atoms with Crippen molar-refractivity contribution in [2.45, 2.75) is 39.8 Å². The van der Waals surface area contributed by atoms with Gasteiger partial charge in [0.2, 0.25) is 0 Å². The third-order valence-corrected chi connectivity index (χ3v) is 3.71. The van der Waals surface area contributed by atoms with E-state index in [2.05, 4.69) is 36.5 Å². The number of rotatable bonds is 3. The maximum absolute atomic E-state index is 12.6. The summed E-state index contributed by atoms with van der Waals surface area (Å²) >= 11 is 0. The molecule has 4 nitrogen and oxygen atoms in total. The van der Waals surface area contributed by atoms with Crippen molar-refractivity contribution < 1.29 is 9.21 Å². The van der Waals surface area contributed by atoms with E-state index in [1.54, 1.807) is 6.26 Å². The van der Waals surface area contributed by atoms with E-state index in [1.807, 2.05) is 37.5 Å². The molecule has 0 fully saturated rings. The third-order valence-electron chi connectivity index (χ3n) is 3.71. The number of fused-ring (bicyclic) bond motifs is 1. The first-order chi connectivity index (χ1) is 10.8. The van der Waals surface area contributed by atoms with E-state index in [0.29, 0.717) is 12.2 Å². The van der Waals surface area contributed by atoms with Crippen molar-refractivity contribution in [1.29, 1.82) is 0 Å². The van der Waals surface area contributed by atoms with E-state index >= 15 is 0 Å². The maximum Gasteiger partial charge on any atom is 0.268 e. The summed E-state index contributed by atoms with van der Waals surface area (Å²) in [7, 11) is 0. The molecule has 2 aromatic heterocycles. The van der Waals surface area contributed by atoms with Crippen molar-refractivity contribution in [1.82, 2.24) is 9.88 Å². The fourth-order valence-electron chi connectivity index (χ4n) is 2.62. The molecule has 0 saturated heterocycles. The predicted molar refractivity (Wildman–Crippen MR) is 91.7 cm³/mol. The Morgan fingerprint density at radius 3 is 2.52 bits per heavy atom. The summed E-state index contributed by atoms with van der Waals surface area (Å²) in [6.45, 7) is 8.62. The second-order valence-corrected chi connectivity index (χ2v) is 6.98. The summed E-state index contributed by atoms with van der Waals surface area (Å²) in [6, 6.07) is 12.1. The van der Waals surface area contributed by atoms with Gasteiger partial charge in [0.1, 0.15) is 5.69 Å². The van der Waals surface area contributed by atoms with Crippen molar-refractivity contribution >= 4 is 17.0 Å². The number of benzene rings is 1. The highest BCUT2D eigenvalue weighted by atomic mass is 16.3. The minimum atomic E-state index is -0.281. The number of amides is 1. The van der Waals surface area contributed by atoms with Crippen LogP contribution in [0.1, 0.15) is 42.4 Å². The van der Waals surface area contributed by atoms with Gasteiger partial charge < -0.3 is 14.3 Å². The van der Waals surface area contributed by atoms with Crippen molar-refractivity contribution in [2.24, 2.45) is 0 Å². The molecule has 0 radical (unpaired) electrons. The number of nitrogens with one attached hydrogen (secondary N) is 1. The monoisotopic (exact) mass is 310 g/mol. The van der Waals surface area contributed by atoms with Crippen LogP contribution < -0.4 is 5.32 Å². The molecule has 0 atom stereocenters. The van der Waals surface area contributed by atoms with Gasteiger partial charge in [-0.1, -0.05) is 29.8 Å². The van der Waals surface area contributed by atoms with E-state index in [-0.39, 0.29) is 11.4 Å². The van der Waals surface area contributed by atoms with Crippen LogP contribution >= 0.6 is 0 Å². The van der Waals surface area contributed by atoms with Crippen LogP contribution in [-0.2, 0) is 6.54 Å². The zero-order chi connectivity index (χ0) is 16.6. The molecule has 3 aromatic rings. The summed E-state index contributed by atoms with van der Waals surface area (Å²) in [5.41, 5.74) is 4.38. The lowest BCUT2D eigenvalue weighted by atomic mass is 10.1. The summed E-state index contributed by atoms with van der Waals surface area (Å²) < 4.78 is 7.48. The molecule has 3 rings (SSSR count). The Hall–Kier alpha value is -2.49. The highest BCUT2D eigenvalue weighted by Crippen LogP contribution is 2.23. The normalized spacial score (nSPS) is 11.8. The largest absolute Gasteiger partial charge is 0.463 e. The van der Waals surface area contributed by atoms with Gasteiger partial charge in [-0.15, -0.1) is 0 Å². The van der Waals surface area contributed by atoms with Gasteiger partial charge in [0.25, 0.3) is 5.91 Å². The minimum Gasteiger partial charge on any atom is -0.463 e. The van der Waals surface area contributed by atoms with Crippen LogP contribution in [0, 0.1) is 6.92 Å². The molecule has 0 saturated carbocycles. The molecule has 120 valence electrons. The second kappa shape index (κ2) is 5.61. The van der Waals surface area contributed by atoms with Crippen molar-refractivity contribution in [3.05, 3.63) is 59.5 Å². The van der Waals surface area contributed by atoms with Gasteiger partial charge in [-0.05, 0) is 33.3 Å². The minimum absolute atomic E-state index is 0.0870. The molecule has 1 amide bonds. The maximum atomic E-state index is 12.6. The molecule has 0 bridgehead atoms. The standard InChI is InChI=1S/C19H22N2O2/c1-13-5-7-14(8-6-13)12-21-15-9-10-23-17(15)11-16(21)18(22)20-19(2,3)4/h5-11H,12H2,1-4H3,(H,20,22). The lowest BCUT2D eigenvalue weighted by molar-refractivity contribution is 0.0911. The molecule has 1 aromatic carbocycles. The molecule has 0 aliphatic carbocycles. The second-order valence-electron chi connectivity index (χ2n) is 6.98. The van der Waals surface area contributed by atoms with Gasteiger partial charge in [0, 0.05) is 24.2 Å². The number of hydrogen-bond acceptors (Lipinski definition) is 2. The zero-order valence-corrected chi connectivity index (χ0v) is 14.0. The highest BCUT2D eigenvalue weighted by Gasteiger charge is 2.21. The number of furan rings is 1. The van der Waals surface area contributed by atoms with Gasteiger partial charge >= 0.3 is 0 Å². The third kappa shape index (κ3) is 3.31. The van der Waals surface area contributed by atoms with Crippen molar-refractivity contribution in [3.8, 4) is 0 Å². The molecular formula is C19H22N2O2. The topological polar surface area (TPSA) is 47.2 Å². The smallest absolute Gasteiger partial charge is 0.268 e. The lowest BCUT2D eigenvalue weighted by Gasteiger charge is -2.21. The molecule has 1 N–H and O–H groups in total. The summed E-state index contributed by atoms with van der Waals surface area (Å²) in [6.07, 6.45) is 1.65. The highest BCUT2D eigenvalue weighted by molar-refractivity contribution is 5.97. The van der Waals surface area contributed by atoms with Crippen LogP contribution in [-0.4, -0.2) is 16.0 Å². The first-order valence-electron chi connectivity index (χ1n) is 7.78. The molecule has 0 unspecified atom stereocenters. The Morgan fingerprint density at radius 1 is 1.17 bits per heavy atom. The predicted octanol–water partition coefficient (Wildman–Crippen LogP) is 4.12. The van der Waals surface area contributed by atoms with Gasteiger partial charge in [-0.2, -0.15) is 0 Å². The Kier molecular flexibility index (Phi) is 3.76. The van der Waals surface area contributed by atoms with E-state index in [1.165, 1.54) is 5.56 Å². The fourth-order valence-corrected chi connectivity index (χ4v) is 2.62. The van der Waals surface area contributed by atoms with E-state index < -0.39 is 0 Å². The molecule has 2 heterocycles. The van der Waals surface area contributed by atoms with Crippen LogP contribution in [0.4, 0.5) is 0 Å². The molecule has 0 aliphatic heterocycles. The van der Waals surface area contributed by atoms with E-state index in [9.17, 15) is 4.79 Å². The Bertz CT molecular complexity index is 833. The van der Waals surface area contributed by atoms with Crippen LogP contribution in [0.25, 0.3) is 11.1 Å². The van der Waals surface area contributed by atoms with Crippen LogP contribution in [0.15, 0.2) is 47.1 Å². The van der Waals surface area contributed by atoms with E-state index in [0.717, 1.165) is 16.7 Å². The molecule has 0 aliphatic rings. The molecule has 4 heteroatoms. The first-order valence-corrected chi connectivity index (χ1v) is 7.78. The number of aromatic nitrogens is 1. The molecule has 23 heavy (non-hydrogen) atoms. The van der Waals surface area contributed by atoms with Crippen molar-refractivity contribution in [2.75, 3.05) is 0 Å². The Labute approximate surface area is 136 Å². The summed E-state index contributed by atoms with van der Waals surface area (Å²) in [5.74, 6) is -0.0870. The van der Waals surface area contributed by atoms with Gasteiger partial charge in [-0.25, -0.2) is 0 Å². The first kappa shape index (κ1) is 15.4. The molecular weight excluding hydrogens is 288 g/mol. The Morgan fingerprint density at radius 2 is 1.87 bits per heavy atom. The fraction of sp³-hybridized carbons (Fsp3) is 0.316. The number of aryl methyl sites for hydroxylation is 1. The van der Waals surface area contributed by atoms with Gasteiger partial charge in [-0.3, -0.25) is 4.79 Å². The average molecular weight is 310 g/mol. The van der Waals surface area contributed by atoms with Gasteiger partial charge in [0.15, 0.2) is 5.58 Å². The Balaban J connectivity index is 2.00. The quantitative estimate of drug-likeness (QED) is 0.791. The SMILES string of the molecule is Cc1ccc(Cn2c(C(=O)NC(C)(C)C)cc3occc32)cc1. The number of hydrogen-bond donors (Lipinski definition) is 1. The average Bonchev–Trinajstić information content (AvgIpc) is 3.02. The van der Waals surface area contributed by atoms with Crippen LogP contribution in [0.5, 0.6) is 0 Å². The van der Waals surface area contributed by atoms with Crippen LogP contribution in [0.2, 0.25) is 0 Å². The van der Waals surface area contributed by atoms with Crippen molar-refractivity contribution in [3.63, 3.8) is 0 Å². The zero-order valence-electron chi connectivity index (χ0n) is 14.0.